The Hall–Kier alpha value is -2.08. The molecular formula is C22H44N4O7. The fraction of sp³-hybridized carbons (Fsp3) is 0.818. The number of carboxylic acids is 3. The van der Waals surface area contributed by atoms with Crippen LogP contribution in [0.4, 0.5) is 0 Å². The van der Waals surface area contributed by atoms with Crippen molar-refractivity contribution in [3.8, 4) is 0 Å². The molecule has 194 valence electrons. The molecule has 1 heterocycles. The summed E-state index contributed by atoms with van der Waals surface area (Å²) in [7, 11) is 0. The van der Waals surface area contributed by atoms with Crippen molar-refractivity contribution in [2.75, 3.05) is 72.0 Å². The molecule has 0 aromatic carbocycles. The zero-order chi connectivity index (χ0) is 26.0. The summed E-state index contributed by atoms with van der Waals surface area (Å²) in [6.07, 6.45) is 0. The first-order chi connectivity index (χ1) is 15.6. The van der Waals surface area contributed by atoms with E-state index in [1.165, 1.54) is 6.92 Å². The average molecular weight is 477 g/mol. The number of nitrogens with zero attached hydrogens (tertiary/aromatic N) is 4. The van der Waals surface area contributed by atoms with E-state index >= 15 is 0 Å². The Balaban J connectivity index is 0. The average Bonchev–Trinajstić information content (AvgIpc) is 2.75. The smallest absolute Gasteiger partial charge is 0.320 e. The van der Waals surface area contributed by atoms with E-state index in [1.807, 2.05) is 32.6 Å². The Bertz CT molecular complexity index is 557. The summed E-state index contributed by atoms with van der Waals surface area (Å²) in [5.74, 6) is -2.95. The number of Topliss-reactive ketones (excluding diaryl/α,β-unsaturated/α-hetero) is 1. The molecule has 1 aliphatic rings. The van der Waals surface area contributed by atoms with Crippen LogP contribution in [0.15, 0.2) is 0 Å². The third kappa shape index (κ3) is 16.2. The number of ketones is 1. The minimum absolute atomic E-state index is 0.0210. The van der Waals surface area contributed by atoms with Crippen LogP contribution in [0.25, 0.3) is 0 Å². The van der Waals surface area contributed by atoms with Gasteiger partial charge in [0.1, 0.15) is 11.8 Å². The highest BCUT2D eigenvalue weighted by Crippen LogP contribution is 2.05. The highest BCUT2D eigenvalue weighted by atomic mass is 16.4. The van der Waals surface area contributed by atoms with Gasteiger partial charge in [-0.05, 0) is 13.8 Å². The van der Waals surface area contributed by atoms with Gasteiger partial charge in [-0.25, -0.2) is 0 Å². The number of rotatable bonds is 8. The first-order valence-corrected chi connectivity index (χ1v) is 11.7. The van der Waals surface area contributed by atoms with Gasteiger partial charge in [0.05, 0.1) is 19.6 Å². The highest BCUT2D eigenvalue weighted by Gasteiger charge is 2.24. The van der Waals surface area contributed by atoms with Gasteiger partial charge in [-0.15, -0.1) is 0 Å². The molecule has 11 nitrogen and oxygen atoms in total. The SMILES string of the molecule is CC.CC.CC(=O)CN1CCN(CC(=O)O)CCN(CC(=O)O)CCN(C(C)C(=O)O)CC1. The third-order valence-electron chi connectivity index (χ3n) is 4.94. The molecule has 0 aromatic heterocycles. The van der Waals surface area contributed by atoms with Crippen LogP contribution in [-0.4, -0.2) is 137 Å². The molecule has 0 amide bonds. The van der Waals surface area contributed by atoms with Crippen molar-refractivity contribution >= 4 is 23.7 Å². The van der Waals surface area contributed by atoms with Crippen molar-refractivity contribution in [2.45, 2.75) is 47.6 Å². The van der Waals surface area contributed by atoms with Crippen molar-refractivity contribution in [1.82, 2.24) is 19.6 Å². The molecule has 1 saturated heterocycles. The third-order valence-corrected chi connectivity index (χ3v) is 4.94. The van der Waals surface area contributed by atoms with Crippen molar-refractivity contribution in [3.05, 3.63) is 0 Å². The van der Waals surface area contributed by atoms with Gasteiger partial charge in [0, 0.05) is 52.4 Å². The van der Waals surface area contributed by atoms with E-state index in [0.29, 0.717) is 52.4 Å². The van der Waals surface area contributed by atoms with Crippen LogP contribution in [0.5, 0.6) is 0 Å². The molecule has 1 unspecified atom stereocenters. The van der Waals surface area contributed by atoms with Gasteiger partial charge in [0.15, 0.2) is 0 Å². The lowest BCUT2D eigenvalue weighted by Crippen LogP contribution is -2.51. The molecule has 0 aromatic rings. The maximum atomic E-state index is 11.6. The summed E-state index contributed by atoms with van der Waals surface area (Å²) in [6.45, 7) is 14.0. The van der Waals surface area contributed by atoms with Crippen LogP contribution in [-0.2, 0) is 19.2 Å². The zero-order valence-electron chi connectivity index (χ0n) is 21.1. The summed E-state index contributed by atoms with van der Waals surface area (Å²) in [6, 6.07) is -0.743. The summed E-state index contributed by atoms with van der Waals surface area (Å²) in [5, 5.41) is 27.7. The molecule has 33 heavy (non-hydrogen) atoms. The second-order valence-electron chi connectivity index (χ2n) is 7.37. The van der Waals surface area contributed by atoms with Gasteiger partial charge in [-0.2, -0.15) is 0 Å². The maximum Gasteiger partial charge on any atom is 0.320 e. The second kappa shape index (κ2) is 19.4. The van der Waals surface area contributed by atoms with E-state index in [-0.39, 0.29) is 25.4 Å². The predicted molar refractivity (Wildman–Crippen MR) is 127 cm³/mol. The molecule has 1 aliphatic heterocycles. The first-order valence-electron chi connectivity index (χ1n) is 11.7. The first kappa shape index (κ1) is 33.1. The predicted octanol–water partition coefficient (Wildman–Crippen LogP) is 0.492. The molecular weight excluding hydrogens is 432 g/mol. The van der Waals surface area contributed by atoms with Crippen LogP contribution >= 0.6 is 0 Å². The van der Waals surface area contributed by atoms with Crippen LogP contribution in [0.1, 0.15) is 41.5 Å². The minimum Gasteiger partial charge on any atom is -0.480 e. The zero-order valence-corrected chi connectivity index (χ0v) is 21.1. The summed E-state index contributed by atoms with van der Waals surface area (Å²) in [5.41, 5.74) is 0. The molecule has 11 heteroatoms. The molecule has 1 rings (SSSR count). The van der Waals surface area contributed by atoms with Gasteiger partial charge in [-0.3, -0.25) is 38.8 Å². The van der Waals surface area contributed by atoms with E-state index in [2.05, 4.69) is 0 Å². The van der Waals surface area contributed by atoms with Gasteiger partial charge in [0.25, 0.3) is 0 Å². The topological polar surface area (TPSA) is 142 Å². The van der Waals surface area contributed by atoms with Crippen LogP contribution in [0.3, 0.4) is 0 Å². The Kier molecular flexibility index (Phi) is 19.5. The van der Waals surface area contributed by atoms with Crippen molar-refractivity contribution in [2.24, 2.45) is 0 Å². The molecule has 1 fully saturated rings. The summed E-state index contributed by atoms with van der Waals surface area (Å²) in [4.78, 5) is 52.5. The molecule has 0 spiro atoms. The molecule has 0 bridgehead atoms. The minimum atomic E-state index is -0.993. The number of carbonyl (C=O) groups is 4. The van der Waals surface area contributed by atoms with Gasteiger partial charge < -0.3 is 15.3 Å². The summed E-state index contributed by atoms with van der Waals surface area (Å²) >= 11 is 0. The fourth-order valence-corrected chi connectivity index (χ4v) is 3.27. The van der Waals surface area contributed by atoms with Crippen LogP contribution in [0, 0.1) is 0 Å². The monoisotopic (exact) mass is 476 g/mol. The molecule has 0 aliphatic carbocycles. The summed E-state index contributed by atoms with van der Waals surface area (Å²) < 4.78 is 0. The lowest BCUT2D eigenvalue weighted by atomic mass is 10.2. The quantitative estimate of drug-likeness (QED) is 0.450. The van der Waals surface area contributed by atoms with Crippen LogP contribution < -0.4 is 0 Å². The van der Waals surface area contributed by atoms with Crippen LogP contribution in [0.2, 0.25) is 0 Å². The van der Waals surface area contributed by atoms with Gasteiger partial charge >= 0.3 is 17.9 Å². The second-order valence-corrected chi connectivity index (χ2v) is 7.37. The maximum absolute atomic E-state index is 11.6. The number of carbonyl (C=O) groups excluding carboxylic acids is 1. The lowest BCUT2D eigenvalue weighted by molar-refractivity contribution is -0.143. The van der Waals surface area contributed by atoms with Crippen molar-refractivity contribution in [3.63, 3.8) is 0 Å². The number of hydrogen-bond acceptors (Lipinski definition) is 8. The Morgan fingerprint density at radius 2 is 0.939 bits per heavy atom. The van der Waals surface area contributed by atoms with Gasteiger partial charge in [0.2, 0.25) is 0 Å². The molecule has 3 N–H and O–H groups in total. The Morgan fingerprint density at radius 1 is 0.636 bits per heavy atom. The van der Waals surface area contributed by atoms with Crippen molar-refractivity contribution < 1.29 is 34.5 Å². The molecule has 0 saturated carbocycles. The molecule has 0 radical (unpaired) electrons. The standard InChI is InChI=1S/C18H32N4O7.2C2H6/c1-14(23)11-19-3-4-20(12-16(24)25)5-6-21(13-17(26)27)8-10-22(9-7-19)15(2)18(28)29;2*1-2/h15H,3-13H2,1-2H3,(H,24,25)(H,26,27)(H,28,29);2*1-2H3. The van der Waals surface area contributed by atoms with E-state index < -0.39 is 23.9 Å². The van der Waals surface area contributed by atoms with E-state index in [1.54, 1.807) is 21.6 Å². The number of hydrogen-bond donors (Lipinski definition) is 3. The van der Waals surface area contributed by atoms with E-state index in [4.69, 9.17) is 10.2 Å². The highest BCUT2D eigenvalue weighted by molar-refractivity contribution is 5.77. The van der Waals surface area contributed by atoms with Crippen molar-refractivity contribution in [1.29, 1.82) is 0 Å². The largest absolute Gasteiger partial charge is 0.480 e. The van der Waals surface area contributed by atoms with E-state index in [9.17, 15) is 24.3 Å². The van der Waals surface area contributed by atoms with Gasteiger partial charge in [-0.1, -0.05) is 27.7 Å². The lowest BCUT2D eigenvalue weighted by Gasteiger charge is -2.34. The fourth-order valence-electron chi connectivity index (χ4n) is 3.27. The number of aliphatic carboxylic acids is 3. The van der Waals surface area contributed by atoms with E-state index in [0.717, 1.165) is 0 Å². The normalized spacial score (nSPS) is 18.2. The Labute approximate surface area is 197 Å². The number of carboxylic acid groups (broad SMARTS) is 3. The Morgan fingerprint density at radius 3 is 1.21 bits per heavy atom. The molecule has 1 atom stereocenters.